The molecule has 22 heavy (non-hydrogen) atoms. The quantitative estimate of drug-likeness (QED) is 0.887. The van der Waals surface area contributed by atoms with Crippen molar-refractivity contribution in [2.45, 2.75) is 26.3 Å². The van der Waals surface area contributed by atoms with Gasteiger partial charge in [-0.05, 0) is 30.2 Å². The molecule has 7 heteroatoms. The van der Waals surface area contributed by atoms with Gasteiger partial charge >= 0.3 is 0 Å². The van der Waals surface area contributed by atoms with E-state index in [0.29, 0.717) is 11.4 Å². The summed E-state index contributed by atoms with van der Waals surface area (Å²) in [4.78, 5) is 12.0. The first kappa shape index (κ1) is 18.1. The summed E-state index contributed by atoms with van der Waals surface area (Å²) >= 11 is 0. The number of amides is 1. The van der Waals surface area contributed by atoms with E-state index in [1.807, 2.05) is 13.8 Å². The number of aromatic nitrogens is 2. The number of anilines is 1. The number of rotatable bonds is 5. The second-order valence-electron chi connectivity index (χ2n) is 5.02. The zero-order valence-electron chi connectivity index (χ0n) is 12.5. The molecule has 0 aliphatic heterocycles. The molecule has 5 nitrogen and oxygen atoms in total. The minimum atomic E-state index is -0.608. The molecule has 0 aliphatic rings. The number of nitrogens with one attached hydrogen (secondary N) is 1. The van der Waals surface area contributed by atoms with Crippen molar-refractivity contribution < 1.29 is 9.18 Å². The Morgan fingerprint density at radius 1 is 1.50 bits per heavy atom. The Bertz CT molecular complexity index is 618. The monoisotopic (exact) mass is 326 g/mol. The van der Waals surface area contributed by atoms with Crippen LogP contribution in [0.1, 0.15) is 20.3 Å². The van der Waals surface area contributed by atoms with E-state index in [2.05, 4.69) is 10.4 Å². The van der Waals surface area contributed by atoms with Crippen LogP contribution in [0.15, 0.2) is 36.7 Å². The number of hydrogen-bond acceptors (Lipinski definition) is 3. The highest BCUT2D eigenvalue weighted by Crippen LogP contribution is 2.18. The Hall–Kier alpha value is -1.92. The van der Waals surface area contributed by atoms with Crippen LogP contribution in [-0.4, -0.2) is 21.7 Å². The minimum absolute atomic E-state index is 0. The van der Waals surface area contributed by atoms with Crippen molar-refractivity contribution in [3.8, 4) is 5.69 Å². The molecule has 1 amide bonds. The summed E-state index contributed by atoms with van der Waals surface area (Å²) in [5.41, 5.74) is 6.55. The van der Waals surface area contributed by atoms with Gasteiger partial charge in [-0.1, -0.05) is 20.3 Å². The van der Waals surface area contributed by atoms with Crippen LogP contribution < -0.4 is 11.1 Å². The molecule has 0 fully saturated rings. The highest BCUT2D eigenvalue weighted by Gasteiger charge is 2.19. The molecule has 3 N–H and O–H groups in total. The van der Waals surface area contributed by atoms with Gasteiger partial charge in [0, 0.05) is 18.1 Å². The second-order valence-corrected chi connectivity index (χ2v) is 5.02. The molecular formula is C15H20ClFN4O. The van der Waals surface area contributed by atoms with Gasteiger partial charge in [0.25, 0.3) is 0 Å². The third-order valence-electron chi connectivity index (χ3n) is 3.53. The van der Waals surface area contributed by atoms with Crippen molar-refractivity contribution in [3.63, 3.8) is 0 Å². The number of nitrogens with zero attached hydrogens (tertiary/aromatic N) is 2. The Balaban J connectivity index is 0.00000242. The molecule has 0 radical (unpaired) electrons. The summed E-state index contributed by atoms with van der Waals surface area (Å²) in [6.45, 7) is 3.88. The maximum Gasteiger partial charge on any atom is 0.241 e. The molecule has 1 aromatic heterocycles. The molecule has 2 rings (SSSR count). The lowest BCUT2D eigenvalue weighted by Gasteiger charge is -2.18. The zero-order chi connectivity index (χ0) is 15.4. The minimum Gasteiger partial charge on any atom is -0.325 e. The van der Waals surface area contributed by atoms with E-state index in [1.165, 1.54) is 10.7 Å². The van der Waals surface area contributed by atoms with Crippen LogP contribution >= 0.6 is 12.4 Å². The summed E-state index contributed by atoms with van der Waals surface area (Å²) in [5.74, 6) is -0.706. The summed E-state index contributed by atoms with van der Waals surface area (Å²) in [7, 11) is 0. The topological polar surface area (TPSA) is 72.9 Å². The number of carbonyl (C=O) groups excluding carboxylic acids is 1. The van der Waals surface area contributed by atoms with Crippen molar-refractivity contribution in [1.82, 2.24) is 9.78 Å². The van der Waals surface area contributed by atoms with Crippen LogP contribution in [0.5, 0.6) is 0 Å². The lowest BCUT2D eigenvalue weighted by molar-refractivity contribution is -0.118. The predicted octanol–water partition coefficient (Wildman–Crippen LogP) is 2.75. The zero-order valence-corrected chi connectivity index (χ0v) is 13.3. The molecule has 1 aromatic carbocycles. The highest BCUT2D eigenvalue weighted by molar-refractivity contribution is 5.94. The maximum absolute atomic E-state index is 14.0. The van der Waals surface area contributed by atoms with Crippen molar-refractivity contribution >= 4 is 24.0 Å². The smallest absolute Gasteiger partial charge is 0.241 e. The van der Waals surface area contributed by atoms with Crippen LogP contribution in [0.4, 0.5) is 10.1 Å². The molecular weight excluding hydrogens is 307 g/mol. The maximum atomic E-state index is 14.0. The fourth-order valence-electron chi connectivity index (χ4n) is 1.92. The third-order valence-corrected chi connectivity index (χ3v) is 3.53. The SMILES string of the molecule is CCC(C)C(N)C(=O)Nc1ccc(-n2cccn2)c(F)c1.Cl. The van der Waals surface area contributed by atoms with Gasteiger partial charge in [0.2, 0.25) is 5.91 Å². The largest absolute Gasteiger partial charge is 0.325 e. The van der Waals surface area contributed by atoms with Crippen molar-refractivity contribution in [1.29, 1.82) is 0 Å². The standard InChI is InChI=1S/C15H19FN4O.ClH/c1-3-10(2)14(17)15(21)19-11-5-6-13(12(16)9-11)20-8-4-7-18-20;/h4-10,14H,3,17H2,1-2H3,(H,19,21);1H. The van der Waals surface area contributed by atoms with Gasteiger partial charge in [-0.25, -0.2) is 9.07 Å². The van der Waals surface area contributed by atoms with Gasteiger partial charge in [0.05, 0.1) is 6.04 Å². The van der Waals surface area contributed by atoms with Gasteiger partial charge in [0.1, 0.15) is 5.69 Å². The molecule has 0 spiro atoms. The van der Waals surface area contributed by atoms with Crippen molar-refractivity contribution in [2.24, 2.45) is 11.7 Å². The van der Waals surface area contributed by atoms with E-state index >= 15 is 0 Å². The number of benzene rings is 1. The lowest BCUT2D eigenvalue weighted by Crippen LogP contribution is -2.40. The van der Waals surface area contributed by atoms with Crippen LogP contribution in [0.2, 0.25) is 0 Å². The molecule has 120 valence electrons. The fraction of sp³-hybridized carbons (Fsp3) is 0.333. The Morgan fingerprint density at radius 3 is 2.77 bits per heavy atom. The molecule has 0 bridgehead atoms. The Morgan fingerprint density at radius 2 is 2.23 bits per heavy atom. The first-order valence-electron chi connectivity index (χ1n) is 6.89. The van der Waals surface area contributed by atoms with Crippen LogP contribution in [0, 0.1) is 11.7 Å². The normalized spacial score (nSPS) is 13.1. The van der Waals surface area contributed by atoms with Gasteiger partial charge in [0.15, 0.2) is 5.82 Å². The molecule has 0 aliphatic carbocycles. The first-order chi connectivity index (χ1) is 10.0. The van der Waals surface area contributed by atoms with Gasteiger partial charge < -0.3 is 11.1 Å². The molecule has 0 saturated heterocycles. The van der Waals surface area contributed by atoms with Gasteiger partial charge in [-0.2, -0.15) is 5.10 Å². The fourth-order valence-corrected chi connectivity index (χ4v) is 1.92. The van der Waals surface area contributed by atoms with E-state index < -0.39 is 11.9 Å². The van der Waals surface area contributed by atoms with Crippen molar-refractivity contribution in [2.75, 3.05) is 5.32 Å². The molecule has 2 aromatic rings. The predicted molar refractivity (Wildman–Crippen MR) is 86.8 cm³/mol. The van der Waals surface area contributed by atoms with Crippen LogP contribution in [-0.2, 0) is 4.79 Å². The Labute approximate surface area is 135 Å². The van der Waals surface area contributed by atoms with Crippen molar-refractivity contribution in [3.05, 3.63) is 42.5 Å². The average Bonchev–Trinajstić information content (AvgIpc) is 2.99. The summed E-state index contributed by atoms with van der Waals surface area (Å²) in [6.07, 6.45) is 4.02. The second kappa shape index (κ2) is 7.91. The summed E-state index contributed by atoms with van der Waals surface area (Å²) < 4.78 is 15.5. The average molecular weight is 327 g/mol. The van der Waals surface area contributed by atoms with Crippen LogP contribution in [0.3, 0.4) is 0 Å². The van der Waals surface area contributed by atoms with E-state index in [1.54, 1.807) is 30.6 Å². The summed E-state index contributed by atoms with van der Waals surface area (Å²) in [5, 5.41) is 6.61. The van der Waals surface area contributed by atoms with E-state index in [0.717, 1.165) is 6.42 Å². The van der Waals surface area contributed by atoms with E-state index in [9.17, 15) is 9.18 Å². The molecule has 0 saturated carbocycles. The number of halogens is 2. The van der Waals surface area contributed by atoms with E-state index in [4.69, 9.17) is 5.73 Å². The Kier molecular flexibility index (Phi) is 6.52. The first-order valence-corrected chi connectivity index (χ1v) is 6.89. The third kappa shape index (κ3) is 4.05. The summed E-state index contributed by atoms with van der Waals surface area (Å²) in [6, 6.07) is 5.55. The number of carbonyl (C=O) groups is 1. The van der Waals surface area contributed by atoms with Gasteiger partial charge in [-0.15, -0.1) is 12.4 Å². The molecule has 1 heterocycles. The molecule has 2 unspecified atom stereocenters. The van der Waals surface area contributed by atoms with E-state index in [-0.39, 0.29) is 24.2 Å². The lowest BCUT2D eigenvalue weighted by atomic mass is 9.99. The molecule has 2 atom stereocenters. The van der Waals surface area contributed by atoms with Crippen LogP contribution in [0.25, 0.3) is 5.69 Å². The number of hydrogen-bond donors (Lipinski definition) is 2. The number of nitrogens with two attached hydrogens (primary N) is 1. The van der Waals surface area contributed by atoms with Gasteiger partial charge in [-0.3, -0.25) is 4.79 Å². The highest BCUT2D eigenvalue weighted by atomic mass is 35.5.